The minimum Gasteiger partial charge on any atom is -0.356 e. The van der Waals surface area contributed by atoms with Crippen molar-refractivity contribution in [3.05, 3.63) is 54.1 Å². The standard InChI is InChI=1S/C26H34N6O2S/c1-3-7-21(8-6-15-27-25(33)18(2)17-35)26(34)28-16-19-11-13-20(14-12-19)22-9-4-5-10-23(22)24-29-31-32-30-24/h4-5,9-14,18,21,35H,3,6-8,15-17H2,1-2H3,(H,27,33)(H,28,34)(H,29,30,31,32). The number of tetrazole rings is 1. The van der Waals surface area contributed by atoms with Crippen LogP contribution >= 0.6 is 12.6 Å². The zero-order chi connectivity index (χ0) is 25.0. The molecule has 186 valence electrons. The summed E-state index contributed by atoms with van der Waals surface area (Å²) in [6, 6.07) is 16.0. The maximum Gasteiger partial charge on any atom is 0.223 e. The normalized spacial score (nSPS) is 12.7. The van der Waals surface area contributed by atoms with Crippen LogP contribution < -0.4 is 10.6 Å². The smallest absolute Gasteiger partial charge is 0.223 e. The van der Waals surface area contributed by atoms with Gasteiger partial charge in [-0.15, -0.1) is 10.2 Å². The minimum atomic E-state index is -0.105. The third-order valence-electron chi connectivity index (χ3n) is 6.00. The lowest BCUT2D eigenvalue weighted by Crippen LogP contribution is -2.33. The molecule has 0 radical (unpaired) electrons. The summed E-state index contributed by atoms with van der Waals surface area (Å²) in [6.07, 6.45) is 3.30. The van der Waals surface area contributed by atoms with Crippen LogP contribution in [0.5, 0.6) is 0 Å². The van der Waals surface area contributed by atoms with Crippen molar-refractivity contribution >= 4 is 24.4 Å². The Hall–Kier alpha value is -3.20. The largest absolute Gasteiger partial charge is 0.356 e. The first-order valence-corrected chi connectivity index (χ1v) is 12.7. The molecule has 0 aliphatic heterocycles. The number of nitrogens with one attached hydrogen (secondary N) is 3. The molecular weight excluding hydrogens is 460 g/mol. The van der Waals surface area contributed by atoms with Crippen molar-refractivity contribution in [3.8, 4) is 22.5 Å². The fraction of sp³-hybridized carbons (Fsp3) is 0.423. The summed E-state index contributed by atoms with van der Waals surface area (Å²) in [5, 5.41) is 20.4. The topological polar surface area (TPSA) is 113 Å². The van der Waals surface area contributed by atoms with E-state index in [1.54, 1.807) is 0 Å². The highest BCUT2D eigenvalue weighted by Crippen LogP contribution is 2.29. The van der Waals surface area contributed by atoms with Crippen LogP contribution in [-0.2, 0) is 16.1 Å². The molecule has 0 saturated carbocycles. The number of hydrogen-bond acceptors (Lipinski definition) is 6. The second-order valence-corrected chi connectivity index (χ2v) is 9.06. The highest BCUT2D eigenvalue weighted by Gasteiger charge is 2.18. The SMILES string of the molecule is CCCC(CCCNC(=O)C(C)CS)C(=O)NCc1ccc(-c2ccccc2-c2nn[nH]n2)cc1. The lowest BCUT2D eigenvalue weighted by Gasteiger charge is -2.17. The lowest BCUT2D eigenvalue weighted by atomic mass is 9.96. The molecule has 35 heavy (non-hydrogen) atoms. The summed E-state index contributed by atoms with van der Waals surface area (Å²) in [5.74, 6) is 0.995. The maximum absolute atomic E-state index is 12.8. The van der Waals surface area contributed by atoms with E-state index in [9.17, 15) is 9.59 Å². The summed E-state index contributed by atoms with van der Waals surface area (Å²) in [5.41, 5.74) is 3.99. The molecular formula is C26H34N6O2S. The van der Waals surface area contributed by atoms with E-state index >= 15 is 0 Å². The second-order valence-electron chi connectivity index (χ2n) is 8.70. The van der Waals surface area contributed by atoms with Crippen molar-refractivity contribution in [1.29, 1.82) is 0 Å². The van der Waals surface area contributed by atoms with Gasteiger partial charge in [-0.1, -0.05) is 68.8 Å². The van der Waals surface area contributed by atoms with Gasteiger partial charge in [-0.05, 0) is 41.2 Å². The van der Waals surface area contributed by atoms with Gasteiger partial charge in [0.15, 0.2) is 0 Å². The van der Waals surface area contributed by atoms with Gasteiger partial charge in [0.2, 0.25) is 17.6 Å². The molecule has 0 fully saturated rings. The first-order chi connectivity index (χ1) is 17.0. The Balaban J connectivity index is 1.53. The van der Waals surface area contributed by atoms with E-state index in [0.717, 1.165) is 47.9 Å². The number of carbonyl (C=O) groups excluding carboxylic acids is 2. The quantitative estimate of drug-likeness (QED) is 0.212. The molecule has 2 aromatic carbocycles. The number of H-pyrrole nitrogens is 1. The third kappa shape index (κ3) is 7.65. The highest BCUT2D eigenvalue weighted by molar-refractivity contribution is 7.80. The van der Waals surface area contributed by atoms with E-state index < -0.39 is 0 Å². The Morgan fingerprint density at radius 1 is 1.00 bits per heavy atom. The summed E-state index contributed by atoms with van der Waals surface area (Å²) in [4.78, 5) is 24.7. The second kappa shape index (κ2) is 13.6. The van der Waals surface area contributed by atoms with Crippen LogP contribution in [0.25, 0.3) is 22.5 Å². The number of amides is 2. The Morgan fingerprint density at radius 2 is 1.74 bits per heavy atom. The summed E-state index contributed by atoms with van der Waals surface area (Å²) in [6.45, 7) is 5.00. The molecule has 0 aliphatic carbocycles. The van der Waals surface area contributed by atoms with Gasteiger partial charge in [0.05, 0.1) is 0 Å². The molecule has 3 rings (SSSR count). The number of benzene rings is 2. The van der Waals surface area contributed by atoms with Crippen LogP contribution in [0, 0.1) is 11.8 Å². The molecule has 0 saturated heterocycles. The van der Waals surface area contributed by atoms with Gasteiger partial charge < -0.3 is 10.6 Å². The minimum absolute atomic E-state index is 0.0138. The van der Waals surface area contributed by atoms with Crippen LogP contribution in [0.15, 0.2) is 48.5 Å². The molecule has 9 heteroatoms. The molecule has 2 amide bonds. The number of aromatic amines is 1. The van der Waals surface area contributed by atoms with Crippen LogP contribution in [0.1, 0.15) is 45.1 Å². The van der Waals surface area contributed by atoms with E-state index in [2.05, 4.69) is 50.8 Å². The van der Waals surface area contributed by atoms with Gasteiger partial charge in [-0.2, -0.15) is 17.8 Å². The maximum atomic E-state index is 12.8. The first-order valence-electron chi connectivity index (χ1n) is 12.1. The van der Waals surface area contributed by atoms with Crippen molar-refractivity contribution in [3.63, 3.8) is 0 Å². The van der Waals surface area contributed by atoms with Crippen molar-refractivity contribution < 1.29 is 9.59 Å². The van der Waals surface area contributed by atoms with Crippen LogP contribution in [0.4, 0.5) is 0 Å². The molecule has 0 aliphatic rings. The van der Waals surface area contributed by atoms with Crippen LogP contribution in [-0.4, -0.2) is 44.7 Å². The van der Waals surface area contributed by atoms with Crippen molar-refractivity contribution in [2.24, 2.45) is 11.8 Å². The van der Waals surface area contributed by atoms with Crippen molar-refractivity contribution in [1.82, 2.24) is 31.3 Å². The van der Waals surface area contributed by atoms with Gasteiger partial charge >= 0.3 is 0 Å². The molecule has 3 N–H and O–H groups in total. The molecule has 1 heterocycles. The van der Waals surface area contributed by atoms with E-state index in [4.69, 9.17) is 0 Å². The molecule has 0 bridgehead atoms. The Morgan fingerprint density at radius 3 is 2.40 bits per heavy atom. The van der Waals surface area contributed by atoms with E-state index in [1.165, 1.54) is 0 Å². The predicted molar refractivity (Wildman–Crippen MR) is 141 cm³/mol. The summed E-state index contributed by atoms with van der Waals surface area (Å²) in [7, 11) is 0. The van der Waals surface area contributed by atoms with E-state index in [0.29, 0.717) is 24.7 Å². The molecule has 3 aromatic rings. The number of thiol groups is 1. The Bertz CT molecular complexity index is 1070. The lowest BCUT2D eigenvalue weighted by molar-refractivity contribution is -0.125. The van der Waals surface area contributed by atoms with Crippen LogP contribution in [0.3, 0.4) is 0 Å². The molecule has 2 atom stereocenters. The predicted octanol–water partition coefficient (Wildman–Crippen LogP) is 4.03. The zero-order valence-electron chi connectivity index (χ0n) is 20.3. The Labute approximate surface area is 212 Å². The average molecular weight is 495 g/mol. The molecule has 0 spiro atoms. The zero-order valence-corrected chi connectivity index (χ0v) is 21.2. The van der Waals surface area contributed by atoms with Gasteiger partial charge in [-0.3, -0.25) is 9.59 Å². The van der Waals surface area contributed by atoms with Gasteiger partial charge in [-0.25, -0.2) is 0 Å². The molecule has 8 nitrogen and oxygen atoms in total. The summed E-state index contributed by atoms with van der Waals surface area (Å²) < 4.78 is 0. The van der Waals surface area contributed by atoms with Gasteiger partial charge in [0.25, 0.3) is 0 Å². The van der Waals surface area contributed by atoms with Gasteiger partial charge in [0.1, 0.15) is 0 Å². The monoisotopic (exact) mass is 494 g/mol. The first kappa shape index (κ1) is 26.4. The average Bonchev–Trinajstić information content (AvgIpc) is 3.43. The Kier molecular flexibility index (Phi) is 10.3. The van der Waals surface area contributed by atoms with Crippen molar-refractivity contribution in [2.45, 2.75) is 46.1 Å². The fourth-order valence-electron chi connectivity index (χ4n) is 3.91. The number of nitrogens with zero attached hydrogens (tertiary/aromatic N) is 3. The number of aromatic nitrogens is 4. The third-order valence-corrected chi connectivity index (χ3v) is 6.55. The highest BCUT2D eigenvalue weighted by atomic mass is 32.1. The summed E-state index contributed by atoms with van der Waals surface area (Å²) >= 11 is 4.16. The molecule has 1 aromatic heterocycles. The number of hydrogen-bond donors (Lipinski definition) is 4. The number of rotatable bonds is 13. The fourth-order valence-corrected chi connectivity index (χ4v) is 4.08. The molecule has 2 unspecified atom stereocenters. The van der Waals surface area contributed by atoms with E-state index in [-0.39, 0.29) is 23.7 Å². The van der Waals surface area contributed by atoms with Crippen LogP contribution in [0.2, 0.25) is 0 Å². The number of carbonyl (C=O) groups is 2. The van der Waals surface area contributed by atoms with Gasteiger partial charge in [0, 0.05) is 36.2 Å². The van der Waals surface area contributed by atoms with Crippen molar-refractivity contribution in [2.75, 3.05) is 12.3 Å². The van der Waals surface area contributed by atoms with E-state index in [1.807, 2.05) is 55.5 Å².